The number of hydrogen-bond donors (Lipinski definition) is 2. The maximum atomic E-state index is 5.44. The van der Waals surface area contributed by atoms with E-state index in [4.69, 9.17) is 9.26 Å². The quantitative estimate of drug-likeness (QED) is 0.317. The highest BCUT2D eigenvalue weighted by Crippen LogP contribution is 2.22. The van der Waals surface area contributed by atoms with E-state index in [0.717, 1.165) is 49.0 Å². The smallest absolute Gasteiger partial charge is 0.191 e. The first-order chi connectivity index (χ1) is 12.7. The molecule has 150 valence electrons. The zero-order chi connectivity index (χ0) is 18.8. The van der Waals surface area contributed by atoms with E-state index in [1.54, 1.807) is 14.2 Å². The van der Waals surface area contributed by atoms with Crippen molar-refractivity contribution in [2.75, 3.05) is 20.7 Å². The number of halogens is 1. The Hall–Kier alpha value is -1.77. The van der Waals surface area contributed by atoms with E-state index in [1.807, 2.05) is 24.3 Å². The molecule has 2 rings (SSSR count). The van der Waals surface area contributed by atoms with Crippen LogP contribution in [-0.2, 0) is 13.0 Å². The Kier molecular flexibility index (Phi) is 10.8. The monoisotopic (exact) mass is 486 g/mol. The van der Waals surface area contributed by atoms with Crippen LogP contribution in [-0.4, -0.2) is 31.8 Å². The predicted molar refractivity (Wildman–Crippen MR) is 120 cm³/mol. The van der Waals surface area contributed by atoms with Gasteiger partial charge in [0.1, 0.15) is 5.75 Å². The molecule has 0 atom stereocenters. The lowest BCUT2D eigenvalue weighted by Gasteiger charge is -2.12. The van der Waals surface area contributed by atoms with E-state index in [2.05, 4.69) is 40.7 Å². The molecule has 0 saturated carbocycles. The Labute approximate surface area is 179 Å². The molecule has 0 fully saturated rings. The number of methoxy groups -OCH3 is 1. The highest BCUT2D eigenvalue weighted by atomic mass is 127. The van der Waals surface area contributed by atoms with Gasteiger partial charge in [0.2, 0.25) is 0 Å². The van der Waals surface area contributed by atoms with E-state index in [0.29, 0.717) is 12.5 Å². The van der Waals surface area contributed by atoms with Gasteiger partial charge in [-0.15, -0.1) is 24.0 Å². The number of ether oxygens (including phenoxy) is 1. The van der Waals surface area contributed by atoms with Crippen molar-refractivity contribution in [3.8, 4) is 5.75 Å². The Morgan fingerprint density at radius 1 is 1.22 bits per heavy atom. The van der Waals surface area contributed by atoms with Crippen LogP contribution in [0, 0.1) is 0 Å². The van der Waals surface area contributed by atoms with Crippen LogP contribution in [0.3, 0.4) is 0 Å². The van der Waals surface area contributed by atoms with Gasteiger partial charge in [-0.05, 0) is 30.9 Å². The summed E-state index contributed by atoms with van der Waals surface area (Å²) >= 11 is 0. The molecule has 0 saturated heterocycles. The summed E-state index contributed by atoms with van der Waals surface area (Å²) in [4.78, 5) is 4.25. The molecule has 0 amide bonds. The summed E-state index contributed by atoms with van der Waals surface area (Å²) in [7, 11) is 3.45. The number of guanidine groups is 1. The summed E-state index contributed by atoms with van der Waals surface area (Å²) < 4.78 is 10.8. The Balaban J connectivity index is 0.00000364. The molecule has 6 nitrogen and oxygen atoms in total. The molecule has 0 spiro atoms. The fraction of sp³-hybridized carbons (Fsp3) is 0.500. The van der Waals surface area contributed by atoms with Gasteiger partial charge in [0.05, 0.1) is 19.3 Å². The number of aromatic nitrogens is 1. The van der Waals surface area contributed by atoms with Gasteiger partial charge in [-0.1, -0.05) is 37.2 Å². The van der Waals surface area contributed by atoms with Crippen molar-refractivity contribution >= 4 is 29.9 Å². The molecule has 2 aromatic rings. The Morgan fingerprint density at radius 2 is 1.96 bits per heavy atom. The minimum atomic E-state index is 0. The van der Waals surface area contributed by atoms with Crippen LogP contribution < -0.4 is 15.4 Å². The molecular weight excluding hydrogens is 455 g/mol. The third-order valence-corrected chi connectivity index (χ3v) is 4.51. The van der Waals surface area contributed by atoms with E-state index < -0.39 is 0 Å². The van der Waals surface area contributed by atoms with Crippen LogP contribution in [0.4, 0.5) is 0 Å². The number of hydrogen-bond acceptors (Lipinski definition) is 4. The second-order valence-corrected chi connectivity index (χ2v) is 6.15. The number of nitrogens with one attached hydrogen (secondary N) is 2. The molecule has 1 aromatic heterocycles. The second kappa shape index (κ2) is 12.6. The lowest BCUT2D eigenvalue weighted by Crippen LogP contribution is -2.37. The second-order valence-electron chi connectivity index (χ2n) is 6.15. The zero-order valence-corrected chi connectivity index (χ0v) is 18.9. The van der Waals surface area contributed by atoms with E-state index in [-0.39, 0.29) is 24.0 Å². The fourth-order valence-corrected chi connectivity index (χ4v) is 2.93. The standard InChI is InChI=1S/C20H30N4O2.HI/c1-5-15(6-2)18-13-17(26-24-18)14-23-20(21-3)22-12-11-16-9-7-8-10-19(16)25-4;/h7-10,13,15H,5-6,11-12,14H2,1-4H3,(H2,21,22,23);1H. The third-order valence-electron chi connectivity index (χ3n) is 4.51. The number of aliphatic imine (C=N–C) groups is 1. The van der Waals surface area contributed by atoms with Gasteiger partial charge in [0.15, 0.2) is 11.7 Å². The van der Waals surface area contributed by atoms with Crippen molar-refractivity contribution in [2.24, 2.45) is 4.99 Å². The fourth-order valence-electron chi connectivity index (χ4n) is 2.93. The molecule has 1 aromatic carbocycles. The van der Waals surface area contributed by atoms with Gasteiger partial charge < -0.3 is 19.9 Å². The van der Waals surface area contributed by atoms with Crippen LogP contribution >= 0.6 is 24.0 Å². The van der Waals surface area contributed by atoms with Crippen LogP contribution in [0.1, 0.15) is 49.6 Å². The number of nitrogens with zero attached hydrogens (tertiary/aromatic N) is 2. The Morgan fingerprint density at radius 3 is 2.63 bits per heavy atom. The van der Waals surface area contributed by atoms with E-state index >= 15 is 0 Å². The third kappa shape index (κ3) is 7.04. The van der Waals surface area contributed by atoms with Crippen LogP contribution in [0.5, 0.6) is 5.75 Å². The van der Waals surface area contributed by atoms with Crippen molar-refractivity contribution in [3.63, 3.8) is 0 Å². The predicted octanol–water partition coefficient (Wildman–Crippen LogP) is 4.11. The first-order valence-electron chi connectivity index (χ1n) is 9.23. The number of rotatable bonds is 9. The average Bonchev–Trinajstić information content (AvgIpc) is 3.14. The van der Waals surface area contributed by atoms with Crippen molar-refractivity contribution < 1.29 is 9.26 Å². The summed E-state index contributed by atoms with van der Waals surface area (Å²) in [5.41, 5.74) is 2.20. The van der Waals surface area contributed by atoms with Crippen LogP contribution in [0.15, 0.2) is 39.8 Å². The molecule has 0 aliphatic carbocycles. The SMILES string of the molecule is CCC(CC)c1cc(CNC(=NC)NCCc2ccccc2OC)on1.I. The van der Waals surface area contributed by atoms with Crippen molar-refractivity contribution in [3.05, 3.63) is 47.3 Å². The molecule has 0 aliphatic heterocycles. The summed E-state index contributed by atoms with van der Waals surface area (Å²) in [6.07, 6.45) is 3.00. The normalized spacial score (nSPS) is 11.2. The molecule has 27 heavy (non-hydrogen) atoms. The first kappa shape index (κ1) is 23.3. The molecule has 7 heteroatoms. The largest absolute Gasteiger partial charge is 0.496 e. The minimum Gasteiger partial charge on any atom is -0.496 e. The van der Waals surface area contributed by atoms with Gasteiger partial charge in [-0.3, -0.25) is 4.99 Å². The van der Waals surface area contributed by atoms with Crippen LogP contribution in [0.2, 0.25) is 0 Å². The molecular formula is C20H31IN4O2. The van der Waals surface area contributed by atoms with Gasteiger partial charge >= 0.3 is 0 Å². The molecule has 0 radical (unpaired) electrons. The molecule has 0 unspecified atom stereocenters. The maximum Gasteiger partial charge on any atom is 0.191 e. The van der Waals surface area contributed by atoms with Gasteiger partial charge in [-0.25, -0.2) is 0 Å². The van der Waals surface area contributed by atoms with Crippen LogP contribution in [0.25, 0.3) is 0 Å². The zero-order valence-electron chi connectivity index (χ0n) is 16.6. The van der Waals surface area contributed by atoms with Gasteiger partial charge in [0.25, 0.3) is 0 Å². The number of benzene rings is 1. The lowest BCUT2D eigenvalue weighted by atomic mass is 9.99. The summed E-state index contributed by atoms with van der Waals surface area (Å²) in [5, 5.41) is 10.8. The number of para-hydroxylation sites is 1. The lowest BCUT2D eigenvalue weighted by molar-refractivity contribution is 0.368. The highest BCUT2D eigenvalue weighted by molar-refractivity contribution is 14.0. The van der Waals surface area contributed by atoms with E-state index in [1.165, 1.54) is 5.56 Å². The highest BCUT2D eigenvalue weighted by Gasteiger charge is 2.13. The minimum absolute atomic E-state index is 0. The molecule has 1 heterocycles. The summed E-state index contributed by atoms with van der Waals surface area (Å²) in [5.74, 6) is 2.93. The molecule has 0 bridgehead atoms. The molecule has 2 N–H and O–H groups in total. The van der Waals surface area contributed by atoms with Crippen molar-refractivity contribution in [2.45, 2.75) is 45.6 Å². The maximum absolute atomic E-state index is 5.44. The van der Waals surface area contributed by atoms with Crippen molar-refractivity contribution in [1.29, 1.82) is 0 Å². The first-order valence-corrected chi connectivity index (χ1v) is 9.23. The molecule has 0 aliphatic rings. The topological polar surface area (TPSA) is 71.7 Å². The summed E-state index contributed by atoms with van der Waals surface area (Å²) in [6.45, 7) is 5.67. The Bertz CT molecular complexity index is 699. The summed E-state index contributed by atoms with van der Waals surface area (Å²) in [6, 6.07) is 10.1. The van der Waals surface area contributed by atoms with Gasteiger partial charge in [-0.2, -0.15) is 0 Å². The van der Waals surface area contributed by atoms with E-state index in [9.17, 15) is 0 Å². The average molecular weight is 486 g/mol. The van der Waals surface area contributed by atoms with Crippen molar-refractivity contribution in [1.82, 2.24) is 15.8 Å². The van der Waals surface area contributed by atoms with Gasteiger partial charge in [0, 0.05) is 25.6 Å².